The summed E-state index contributed by atoms with van der Waals surface area (Å²) in [7, 11) is -3.72. The molecule has 15 heteroatoms. The third-order valence-corrected chi connectivity index (χ3v) is 6.44. The molecular weight excluding hydrogens is 524 g/mol. The molecule has 0 unspecified atom stereocenters. The molecule has 0 spiro atoms. The van der Waals surface area contributed by atoms with Crippen molar-refractivity contribution in [2.45, 2.75) is 31.3 Å². The van der Waals surface area contributed by atoms with Crippen molar-refractivity contribution in [1.29, 1.82) is 0 Å². The lowest BCUT2D eigenvalue weighted by atomic mass is 9.99. The first-order valence-electron chi connectivity index (χ1n) is 9.70. The molecule has 8 nitrogen and oxygen atoms in total. The first kappa shape index (κ1) is 28.6. The topological polar surface area (TPSA) is 116 Å². The van der Waals surface area contributed by atoms with Crippen LogP contribution in [0.3, 0.4) is 0 Å². The first-order chi connectivity index (χ1) is 16.4. The number of ether oxygens (including phenoxy) is 2. The molecule has 0 aromatic heterocycles. The van der Waals surface area contributed by atoms with Gasteiger partial charge in [-0.25, -0.2) is 13.2 Å². The summed E-state index contributed by atoms with van der Waals surface area (Å²) in [6, 6.07) is 2.97. The Kier molecular flexibility index (Phi) is 8.08. The van der Waals surface area contributed by atoms with Crippen LogP contribution < -0.4 is 10.1 Å². The van der Waals surface area contributed by atoms with E-state index in [1.807, 2.05) is 0 Å². The number of anilines is 1. The zero-order valence-corrected chi connectivity index (χ0v) is 19.4. The standard InChI is InChI=1S/C21H17F6NO7S/c1-4-36(32,33)17-12(6-7-14(20(22,23)24)16(17)10(2)29)18(30)28-15-8-5-11(35-21(25,26)27)9-13(15)19(31)34-3/h5-9H,4H2,1-3H3,(H,28,30). The van der Waals surface area contributed by atoms with Gasteiger partial charge in [0, 0.05) is 5.56 Å². The summed E-state index contributed by atoms with van der Waals surface area (Å²) in [5, 5.41) is 2.06. The minimum atomic E-state index is -5.14. The molecule has 0 saturated heterocycles. The van der Waals surface area contributed by atoms with Gasteiger partial charge >= 0.3 is 18.5 Å². The Bertz CT molecular complexity index is 1320. The van der Waals surface area contributed by atoms with Gasteiger partial charge in [-0.1, -0.05) is 6.92 Å². The molecule has 2 aromatic rings. The smallest absolute Gasteiger partial charge is 0.465 e. The summed E-state index contributed by atoms with van der Waals surface area (Å²) in [5.74, 6) is -5.51. The molecule has 0 atom stereocenters. The van der Waals surface area contributed by atoms with Crippen molar-refractivity contribution in [2.24, 2.45) is 0 Å². The predicted molar refractivity (Wildman–Crippen MR) is 112 cm³/mol. The second-order valence-electron chi connectivity index (χ2n) is 7.02. The third kappa shape index (κ3) is 6.33. The van der Waals surface area contributed by atoms with Crippen LogP contribution in [-0.4, -0.2) is 45.3 Å². The van der Waals surface area contributed by atoms with Gasteiger partial charge in [-0.15, -0.1) is 13.2 Å². The maximum Gasteiger partial charge on any atom is 0.573 e. The maximum absolute atomic E-state index is 13.5. The quantitative estimate of drug-likeness (QED) is 0.309. The number of carbonyl (C=O) groups is 3. The van der Waals surface area contributed by atoms with E-state index in [0.717, 1.165) is 20.1 Å². The number of carbonyl (C=O) groups excluding carboxylic acids is 3. The van der Waals surface area contributed by atoms with Crippen molar-refractivity contribution >= 4 is 33.2 Å². The predicted octanol–water partition coefficient (Wildman–Crippen LogP) is 4.64. The highest BCUT2D eigenvalue weighted by Gasteiger charge is 2.40. The highest BCUT2D eigenvalue weighted by atomic mass is 32.2. The molecular formula is C21H17F6NO7S. The largest absolute Gasteiger partial charge is 0.573 e. The van der Waals surface area contributed by atoms with E-state index < -0.39 is 84.4 Å². The van der Waals surface area contributed by atoms with Gasteiger partial charge < -0.3 is 14.8 Å². The molecule has 0 saturated carbocycles. The van der Waals surface area contributed by atoms with Crippen LogP contribution >= 0.6 is 0 Å². The highest BCUT2D eigenvalue weighted by Crippen LogP contribution is 2.37. The Morgan fingerprint density at radius 2 is 1.58 bits per heavy atom. The van der Waals surface area contributed by atoms with Crippen molar-refractivity contribution in [3.63, 3.8) is 0 Å². The number of halogens is 6. The number of amides is 1. The fraction of sp³-hybridized carbons (Fsp3) is 0.286. The van der Waals surface area contributed by atoms with Crippen LogP contribution in [0.25, 0.3) is 0 Å². The van der Waals surface area contributed by atoms with E-state index in [1.54, 1.807) is 0 Å². The van der Waals surface area contributed by atoms with Crippen LogP contribution in [0.2, 0.25) is 0 Å². The van der Waals surface area contributed by atoms with E-state index in [0.29, 0.717) is 31.2 Å². The molecule has 196 valence electrons. The fourth-order valence-electron chi connectivity index (χ4n) is 3.11. The SMILES string of the molecule is CCS(=O)(=O)c1c(C(=O)Nc2ccc(OC(F)(F)F)cc2C(=O)OC)ccc(C(F)(F)F)c1C(C)=O. The maximum atomic E-state index is 13.5. The number of hydrogen-bond donors (Lipinski definition) is 1. The summed E-state index contributed by atoms with van der Waals surface area (Å²) < 4.78 is 112. The molecule has 0 heterocycles. The summed E-state index contributed by atoms with van der Waals surface area (Å²) in [6.07, 6.45) is -10.3. The second-order valence-corrected chi connectivity index (χ2v) is 9.24. The number of nitrogens with one attached hydrogen (secondary N) is 1. The van der Waals surface area contributed by atoms with Gasteiger partial charge in [0.25, 0.3) is 5.91 Å². The van der Waals surface area contributed by atoms with Gasteiger partial charge in [0.1, 0.15) is 5.75 Å². The minimum Gasteiger partial charge on any atom is -0.465 e. The lowest BCUT2D eigenvalue weighted by Crippen LogP contribution is -2.24. The Morgan fingerprint density at radius 3 is 2.06 bits per heavy atom. The van der Waals surface area contributed by atoms with Crippen molar-refractivity contribution < 1.29 is 58.6 Å². The van der Waals surface area contributed by atoms with Crippen LogP contribution in [0.5, 0.6) is 5.75 Å². The van der Waals surface area contributed by atoms with E-state index in [2.05, 4.69) is 14.8 Å². The Hall–Kier alpha value is -3.62. The lowest BCUT2D eigenvalue weighted by molar-refractivity contribution is -0.274. The third-order valence-electron chi connectivity index (χ3n) is 4.63. The van der Waals surface area contributed by atoms with E-state index in [-0.39, 0.29) is 0 Å². The van der Waals surface area contributed by atoms with E-state index in [1.165, 1.54) is 0 Å². The van der Waals surface area contributed by atoms with Gasteiger partial charge in [0.2, 0.25) is 0 Å². The van der Waals surface area contributed by atoms with Gasteiger partial charge in [-0.2, -0.15) is 13.2 Å². The summed E-state index contributed by atoms with van der Waals surface area (Å²) >= 11 is 0. The molecule has 1 N–H and O–H groups in total. The molecule has 2 rings (SSSR count). The Balaban J connectivity index is 2.72. The zero-order valence-electron chi connectivity index (χ0n) is 18.6. The Morgan fingerprint density at radius 1 is 0.972 bits per heavy atom. The van der Waals surface area contributed by atoms with Crippen LogP contribution in [0, 0.1) is 0 Å². The van der Waals surface area contributed by atoms with Gasteiger partial charge in [0.05, 0.1) is 40.1 Å². The molecule has 1 amide bonds. The monoisotopic (exact) mass is 541 g/mol. The van der Waals surface area contributed by atoms with E-state index in [9.17, 15) is 49.1 Å². The zero-order chi connectivity index (χ0) is 27.6. The Labute approximate surface area is 200 Å². The van der Waals surface area contributed by atoms with Crippen LogP contribution in [0.1, 0.15) is 50.5 Å². The van der Waals surface area contributed by atoms with Crippen molar-refractivity contribution in [3.8, 4) is 5.75 Å². The highest BCUT2D eigenvalue weighted by molar-refractivity contribution is 7.91. The molecule has 2 aromatic carbocycles. The van der Waals surface area contributed by atoms with Gasteiger partial charge in [0.15, 0.2) is 15.6 Å². The second kappa shape index (κ2) is 10.2. The molecule has 0 aliphatic carbocycles. The summed E-state index contributed by atoms with van der Waals surface area (Å²) in [6.45, 7) is 1.77. The number of benzene rings is 2. The van der Waals surface area contributed by atoms with Crippen molar-refractivity contribution in [2.75, 3.05) is 18.2 Å². The molecule has 0 aliphatic heterocycles. The minimum absolute atomic E-state index is 0.349. The summed E-state index contributed by atoms with van der Waals surface area (Å²) in [4.78, 5) is 36.0. The number of methoxy groups -OCH3 is 1. The molecule has 0 aliphatic rings. The first-order valence-corrected chi connectivity index (χ1v) is 11.4. The summed E-state index contributed by atoms with van der Waals surface area (Å²) in [5.41, 5.74) is -4.82. The number of Topliss-reactive ketones (excluding diaryl/α,β-unsaturated/α-hetero) is 1. The number of rotatable bonds is 7. The van der Waals surface area contributed by atoms with Crippen LogP contribution in [-0.2, 0) is 20.8 Å². The number of alkyl halides is 6. The normalized spacial score (nSPS) is 12.1. The molecule has 0 fully saturated rings. The molecule has 0 bridgehead atoms. The number of sulfone groups is 1. The van der Waals surface area contributed by atoms with Crippen molar-refractivity contribution in [1.82, 2.24) is 0 Å². The number of hydrogen-bond acceptors (Lipinski definition) is 7. The average Bonchev–Trinajstić information content (AvgIpc) is 2.76. The van der Waals surface area contributed by atoms with Crippen molar-refractivity contribution in [3.05, 3.63) is 52.6 Å². The number of esters is 1. The molecule has 36 heavy (non-hydrogen) atoms. The van der Waals surface area contributed by atoms with Gasteiger partial charge in [-0.05, 0) is 37.3 Å². The van der Waals surface area contributed by atoms with E-state index in [4.69, 9.17) is 0 Å². The number of ketones is 1. The van der Waals surface area contributed by atoms with Gasteiger partial charge in [-0.3, -0.25) is 9.59 Å². The molecule has 0 radical (unpaired) electrons. The lowest BCUT2D eigenvalue weighted by Gasteiger charge is -2.19. The van der Waals surface area contributed by atoms with E-state index >= 15 is 0 Å². The van der Waals surface area contributed by atoms with Crippen LogP contribution in [0.4, 0.5) is 32.0 Å². The fourth-order valence-corrected chi connectivity index (χ4v) is 4.46. The van der Waals surface area contributed by atoms with Crippen LogP contribution in [0.15, 0.2) is 35.2 Å². The average molecular weight is 541 g/mol.